The van der Waals surface area contributed by atoms with Gasteiger partial charge >= 0.3 is 0 Å². The molecule has 96 valence electrons. The third-order valence-electron chi connectivity index (χ3n) is 2.66. The lowest BCUT2D eigenvalue weighted by molar-refractivity contribution is 0.277. The third kappa shape index (κ3) is 2.90. The molecule has 0 aliphatic heterocycles. The van der Waals surface area contributed by atoms with Gasteiger partial charge in [-0.2, -0.15) is 12.6 Å². The molecular weight excluding hydrogens is 266 g/mol. The maximum Gasteiger partial charge on any atom is 0.140 e. The summed E-state index contributed by atoms with van der Waals surface area (Å²) in [6.07, 6.45) is 8.63. The Balaban J connectivity index is 2.70. The largest absolute Gasteiger partial charge is 0.493 e. The Hall–Kier alpha value is -0.930. The second-order valence-corrected chi connectivity index (χ2v) is 5.80. The van der Waals surface area contributed by atoms with Gasteiger partial charge in [-0.3, -0.25) is 0 Å². The normalized spacial score (nSPS) is 22.1. The van der Waals surface area contributed by atoms with E-state index in [-0.39, 0.29) is 4.75 Å². The lowest BCUT2D eigenvalue weighted by Gasteiger charge is -2.11. The van der Waals surface area contributed by atoms with E-state index in [9.17, 15) is 0 Å². The number of thiol groups is 1. The van der Waals surface area contributed by atoms with Crippen LogP contribution in [0.15, 0.2) is 24.4 Å². The molecule has 1 atom stereocenters. The van der Waals surface area contributed by atoms with Crippen LogP contribution in [0.25, 0.3) is 11.8 Å². The maximum atomic E-state index is 6.19. The first kappa shape index (κ1) is 13.5. The van der Waals surface area contributed by atoms with Crippen molar-refractivity contribution in [1.29, 1.82) is 0 Å². The predicted octanol–water partition coefficient (Wildman–Crippen LogP) is 2.31. The smallest absolute Gasteiger partial charge is 0.140 e. The highest BCUT2D eigenvalue weighted by Gasteiger charge is 2.15. The van der Waals surface area contributed by atoms with Gasteiger partial charge in [0.2, 0.25) is 0 Å². The molecule has 1 unspecified atom stereocenters. The summed E-state index contributed by atoms with van der Waals surface area (Å²) >= 11 is 10.8. The van der Waals surface area contributed by atoms with Crippen LogP contribution in [0.4, 0.5) is 0 Å². The molecule has 0 bridgehead atoms. The minimum atomic E-state index is -0.323. The van der Waals surface area contributed by atoms with Crippen LogP contribution < -0.4 is 10.4 Å². The Kier molecular flexibility index (Phi) is 4.03. The van der Waals surface area contributed by atoms with E-state index >= 15 is 0 Å². The molecule has 18 heavy (non-hydrogen) atoms. The average Bonchev–Trinajstić information content (AvgIpc) is 2.43. The highest BCUT2D eigenvalue weighted by Crippen LogP contribution is 2.20. The summed E-state index contributed by atoms with van der Waals surface area (Å²) in [5.74, 6) is 0.763. The second kappa shape index (κ2) is 5.37. The molecule has 0 N–H and O–H groups in total. The van der Waals surface area contributed by atoms with Crippen molar-refractivity contribution in [2.24, 2.45) is 0 Å². The fourth-order valence-electron chi connectivity index (χ4n) is 1.84. The Labute approximate surface area is 117 Å². The van der Waals surface area contributed by atoms with Crippen molar-refractivity contribution in [2.45, 2.75) is 25.0 Å². The van der Waals surface area contributed by atoms with E-state index in [4.69, 9.17) is 16.3 Å². The monoisotopic (exact) mass is 281 g/mol. The predicted molar refractivity (Wildman–Crippen MR) is 79.1 cm³/mol. The molecule has 0 saturated carbocycles. The molecule has 0 radical (unpaired) electrons. The van der Waals surface area contributed by atoms with Crippen LogP contribution in [-0.4, -0.2) is 16.3 Å². The van der Waals surface area contributed by atoms with Crippen LogP contribution in [-0.2, 0) is 4.74 Å². The van der Waals surface area contributed by atoms with Gasteiger partial charge in [0.1, 0.15) is 10.9 Å². The van der Waals surface area contributed by atoms with E-state index in [1.165, 1.54) is 0 Å². The molecule has 0 aromatic carbocycles. The standard InChI is InChI=1S/C14H16ClNOS/c1-3-8-17-11-4-6-14(2,18)9-10-5-7-16-13(15)12(10)11/h4-7,9,18H,3,8H2,1-2H3. The Morgan fingerprint density at radius 1 is 1.50 bits per heavy atom. The van der Waals surface area contributed by atoms with E-state index in [2.05, 4.69) is 30.6 Å². The van der Waals surface area contributed by atoms with E-state index in [1.54, 1.807) is 6.20 Å². The molecule has 1 aromatic rings. The van der Waals surface area contributed by atoms with E-state index in [1.807, 2.05) is 25.1 Å². The van der Waals surface area contributed by atoms with Gasteiger partial charge in [-0.25, -0.2) is 4.98 Å². The van der Waals surface area contributed by atoms with Crippen LogP contribution in [0, 0.1) is 0 Å². The fraction of sp³-hybridized carbons (Fsp3) is 0.357. The minimum Gasteiger partial charge on any atom is -0.493 e. The Bertz CT molecular complexity index is 592. The number of rotatable bonds is 3. The van der Waals surface area contributed by atoms with Crippen molar-refractivity contribution in [3.05, 3.63) is 40.0 Å². The first-order valence-corrected chi connectivity index (χ1v) is 6.78. The number of hydrogen-bond acceptors (Lipinski definition) is 3. The summed E-state index contributed by atoms with van der Waals surface area (Å²) in [6, 6.07) is 1.93. The summed E-state index contributed by atoms with van der Waals surface area (Å²) in [6.45, 7) is 4.75. The molecule has 2 rings (SSSR count). The number of halogens is 1. The van der Waals surface area contributed by atoms with Crippen molar-refractivity contribution in [1.82, 2.24) is 4.98 Å². The topological polar surface area (TPSA) is 22.1 Å². The summed E-state index contributed by atoms with van der Waals surface area (Å²) in [4.78, 5) is 4.13. The van der Waals surface area contributed by atoms with Gasteiger partial charge in [0.25, 0.3) is 0 Å². The molecule has 4 heteroatoms. The molecule has 0 spiro atoms. The number of aromatic nitrogens is 1. The Morgan fingerprint density at radius 2 is 2.28 bits per heavy atom. The number of pyridine rings is 1. The summed E-state index contributed by atoms with van der Waals surface area (Å²) < 4.78 is 5.44. The molecule has 0 amide bonds. The fourth-order valence-corrected chi connectivity index (χ4v) is 2.31. The lowest BCUT2D eigenvalue weighted by atomic mass is 10.1. The van der Waals surface area contributed by atoms with Crippen LogP contribution in [0.3, 0.4) is 0 Å². The number of ether oxygens (including phenoxy) is 1. The van der Waals surface area contributed by atoms with Crippen molar-refractivity contribution in [3.8, 4) is 0 Å². The molecule has 0 saturated heterocycles. The molecule has 0 fully saturated rings. The number of nitrogens with zero attached hydrogens (tertiary/aromatic N) is 1. The van der Waals surface area contributed by atoms with Crippen molar-refractivity contribution >= 4 is 36.1 Å². The van der Waals surface area contributed by atoms with Crippen LogP contribution in [0.2, 0.25) is 5.15 Å². The highest BCUT2D eigenvalue weighted by atomic mass is 35.5. The Morgan fingerprint density at radius 3 is 3.00 bits per heavy atom. The molecule has 1 heterocycles. The maximum absolute atomic E-state index is 6.19. The van der Waals surface area contributed by atoms with Gasteiger partial charge in [-0.15, -0.1) is 0 Å². The van der Waals surface area contributed by atoms with Crippen LogP contribution in [0.1, 0.15) is 20.3 Å². The van der Waals surface area contributed by atoms with Crippen molar-refractivity contribution < 1.29 is 4.74 Å². The summed E-state index contributed by atoms with van der Waals surface area (Å²) in [5, 5.41) is 2.32. The van der Waals surface area contributed by atoms with Gasteiger partial charge in [-0.1, -0.05) is 30.7 Å². The zero-order chi connectivity index (χ0) is 13.2. The summed E-state index contributed by atoms with van der Waals surface area (Å²) in [5.41, 5.74) is 0. The van der Waals surface area contributed by atoms with Gasteiger partial charge in [0, 0.05) is 10.9 Å². The molecule has 2 nitrogen and oxygen atoms in total. The van der Waals surface area contributed by atoms with Crippen molar-refractivity contribution in [3.63, 3.8) is 0 Å². The molecule has 1 aliphatic carbocycles. The number of fused-ring (bicyclic) bond motifs is 1. The van der Waals surface area contributed by atoms with Crippen molar-refractivity contribution in [2.75, 3.05) is 6.61 Å². The average molecular weight is 282 g/mol. The van der Waals surface area contributed by atoms with E-state index in [0.717, 1.165) is 22.6 Å². The van der Waals surface area contributed by atoms with Gasteiger partial charge < -0.3 is 4.74 Å². The SMILES string of the molecule is CCCOC1=c2c(Cl)nccc2=CC(C)(S)C=C1. The zero-order valence-corrected chi connectivity index (χ0v) is 12.1. The third-order valence-corrected chi connectivity index (χ3v) is 3.23. The first-order valence-electron chi connectivity index (χ1n) is 5.95. The number of hydrogen-bond donors (Lipinski definition) is 1. The van der Waals surface area contributed by atoms with Gasteiger partial charge in [0.15, 0.2) is 0 Å². The van der Waals surface area contributed by atoms with Gasteiger partial charge in [-0.05, 0) is 30.7 Å². The van der Waals surface area contributed by atoms with Crippen LogP contribution >= 0.6 is 24.2 Å². The molecule has 1 aliphatic rings. The molecule has 1 aromatic heterocycles. The first-order chi connectivity index (χ1) is 8.53. The minimum absolute atomic E-state index is 0.323. The second-order valence-electron chi connectivity index (χ2n) is 4.48. The molecular formula is C14H16ClNOS. The quantitative estimate of drug-likeness (QED) is 0.678. The van der Waals surface area contributed by atoms with E-state index < -0.39 is 0 Å². The lowest BCUT2D eigenvalue weighted by Crippen LogP contribution is -2.30. The highest BCUT2D eigenvalue weighted by molar-refractivity contribution is 7.82. The van der Waals surface area contributed by atoms with Gasteiger partial charge in [0.05, 0.1) is 11.8 Å². The van der Waals surface area contributed by atoms with Crippen LogP contribution in [0.5, 0.6) is 0 Å². The van der Waals surface area contributed by atoms with E-state index in [0.29, 0.717) is 11.8 Å². The zero-order valence-electron chi connectivity index (χ0n) is 10.5. The summed E-state index contributed by atoms with van der Waals surface area (Å²) in [7, 11) is 0.